The number of carbonyl (C=O) groups excluding carboxylic acids is 2. The number of rotatable bonds is 4. The van der Waals surface area contributed by atoms with Crippen LogP contribution in [0.1, 0.15) is 32.5 Å². The first kappa shape index (κ1) is 21.0. The summed E-state index contributed by atoms with van der Waals surface area (Å²) < 4.78 is 33.3. The quantitative estimate of drug-likeness (QED) is 0.622. The normalized spacial score (nSPS) is 18.1. The molecular formula is C23H19N3O6S. The van der Waals surface area contributed by atoms with Crippen molar-refractivity contribution >= 4 is 27.3 Å². The SMILES string of the molecule is NC(=O)c1cn2c(c(OCc3ccccc3)c1=O)C(=O)N1C[C@@H]2CS(=O)(=O)c2ccccc21. The maximum atomic E-state index is 13.6. The Morgan fingerprint density at radius 1 is 1.06 bits per heavy atom. The third-order valence-electron chi connectivity index (χ3n) is 5.82. The van der Waals surface area contributed by atoms with Crippen LogP contribution < -0.4 is 20.8 Å². The van der Waals surface area contributed by atoms with E-state index in [9.17, 15) is 22.8 Å². The van der Waals surface area contributed by atoms with E-state index in [1.165, 1.54) is 21.7 Å². The second-order valence-corrected chi connectivity index (χ2v) is 9.92. The molecule has 3 heterocycles. The number of primary amides is 1. The minimum atomic E-state index is -3.76. The Morgan fingerprint density at radius 3 is 2.48 bits per heavy atom. The number of aromatic nitrogens is 1. The molecule has 2 N–H and O–H groups in total. The summed E-state index contributed by atoms with van der Waals surface area (Å²) in [6.07, 6.45) is 1.17. The van der Waals surface area contributed by atoms with Gasteiger partial charge in [0.2, 0.25) is 5.43 Å². The van der Waals surface area contributed by atoms with Gasteiger partial charge in [0.25, 0.3) is 11.8 Å². The largest absolute Gasteiger partial charge is 0.483 e. The molecule has 168 valence electrons. The molecule has 0 saturated carbocycles. The number of hydrogen-bond donors (Lipinski definition) is 1. The Bertz CT molecular complexity index is 1460. The van der Waals surface area contributed by atoms with Gasteiger partial charge in [-0.25, -0.2) is 8.42 Å². The van der Waals surface area contributed by atoms with Crippen LogP contribution in [0.25, 0.3) is 0 Å². The maximum Gasteiger partial charge on any atom is 0.279 e. The smallest absolute Gasteiger partial charge is 0.279 e. The Labute approximate surface area is 188 Å². The minimum Gasteiger partial charge on any atom is -0.483 e. The van der Waals surface area contributed by atoms with Gasteiger partial charge in [0, 0.05) is 12.7 Å². The summed E-state index contributed by atoms with van der Waals surface area (Å²) in [6.45, 7) is 0.0272. The highest BCUT2D eigenvalue weighted by molar-refractivity contribution is 7.91. The molecule has 10 heteroatoms. The summed E-state index contributed by atoms with van der Waals surface area (Å²) in [7, 11) is -3.76. The number of benzene rings is 2. The van der Waals surface area contributed by atoms with Gasteiger partial charge in [-0.15, -0.1) is 0 Å². The van der Waals surface area contributed by atoms with Crippen molar-refractivity contribution in [3.63, 3.8) is 0 Å². The predicted octanol–water partition coefficient (Wildman–Crippen LogP) is 1.51. The van der Waals surface area contributed by atoms with E-state index in [1.54, 1.807) is 42.5 Å². The van der Waals surface area contributed by atoms with Crippen LogP contribution in [-0.4, -0.2) is 37.1 Å². The molecule has 2 aliphatic rings. The molecule has 9 nitrogen and oxygen atoms in total. The van der Waals surface area contributed by atoms with Gasteiger partial charge in [0.1, 0.15) is 12.2 Å². The number of fused-ring (bicyclic) bond motifs is 6. The zero-order valence-electron chi connectivity index (χ0n) is 17.3. The zero-order valence-corrected chi connectivity index (χ0v) is 18.1. The highest BCUT2D eigenvalue weighted by atomic mass is 32.2. The first-order valence-electron chi connectivity index (χ1n) is 10.2. The number of amides is 2. The van der Waals surface area contributed by atoms with Crippen molar-refractivity contribution in [2.75, 3.05) is 17.2 Å². The summed E-state index contributed by atoms with van der Waals surface area (Å²) in [5, 5.41) is 0. The van der Waals surface area contributed by atoms with Crippen molar-refractivity contribution in [2.24, 2.45) is 5.73 Å². The lowest BCUT2D eigenvalue weighted by Crippen LogP contribution is -2.46. The van der Waals surface area contributed by atoms with Gasteiger partial charge < -0.3 is 19.9 Å². The lowest BCUT2D eigenvalue weighted by molar-refractivity contribution is 0.0942. The van der Waals surface area contributed by atoms with Gasteiger partial charge in [0.15, 0.2) is 21.3 Å². The molecule has 33 heavy (non-hydrogen) atoms. The Kier molecular flexibility index (Phi) is 4.82. The Morgan fingerprint density at radius 2 is 1.76 bits per heavy atom. The lowest BCUT2D eigenvalue weighted by atomic mass is 10.1. The third kappa shape index (κ3) is 3.39. The zero-order chi connectivity index (χ0) is 23.3. The third-order valence-corrected chi connectivity index (χ3v) is 7.66. The van der Waals surface area contributed by atoms with Crippen LogP contribution in [0.4, 0.5) is 5.69 Å². The molecule has 0 unspecified atom stereocenters. The van der Waals surface area contributed by atoms with Crippen molar-refractivity contribution in [3.8, 4) is 5.75 Å². The molecule has 2 bridgehead atoms. The van der Waals surface area contributed by atoms with Gasteiger partial charge in [-0.2, -0.15) is 0 Å². The maximum absolute atomic E-state index is 13.6. The molecule has 1 aromatic heterocycles. The lowest BCUT2D eigenvalue weighted by Gasteiger charge is -2.34. The summed E-state index contributed by atoms with van der Waals surface area (Å²) in [4.78, 5) is 40.1. The van der Waals surface area contributed by atoms with Crippen LogP contribution in [0.3, 0.4) is 0 Å². The second kappa shape index (κ2) is 7.59. The van der Waals surface area contributed by atoms with Crippen LogP contribution in [0.5, 0.6) is 5.75 Å². The standard InChI is InChI=1S/C23H19N3O6S/c24-22(28)16-11-25-15-10-26(17-8-4-5-9-18(17)33(30,31)13-15)23(29)19(25)21(20(16)27)32-12-14-6-2-1-3-7-14/h1-9,11,15H,10,12-13H2,(H2,24,28)/t15-/m1/s1. The Hall–Kier alpha value is -3.92. The molecular weight excluding hydrogens is 446 g/mol. The molecule has 1 atom stereocenters. The van der Waals surface area contributed by atoms with E-state index < -0.39 is 33.1 Å². The number of nitrogens with two attached hydrogens (primary N) is 1. The second-order valence-electron chi connectivity index (χ2n) is 7.91. The molecule has 3 aromatic rings. The van der Waals surface area contributed by atoms with E-state index in [-0.39, 0.29) is 46.5 Å². The first-order valence-corrected chi connectivity index (χ1v) is 11.8. The number of sulfone groups is 1. The average molecular weight is 465 g/mol. The molecule has 0 radical (unpaired) electrons. The summed E-state index contributed by atoms with van der Waals surface area (Å²) >= 11 is 0. The Balaban J connectivity index is 1.72. The number of pyridine rings is 1. The van der Waals surface area contributed by atoms with E-state index in [4.69, 9.17) is 10.5 Å². The number of nitrogens with zero attached hydrogens (tertiary/aromatic N) is 2. The number of para-hydroxylation sites is 1. The molecule has 5 rings (SSSR count). The summed E-state index contributed by atoms with van der Waals surface area (Å²) in [5.41, 5.74) is 5.12. The van der Waals surface area contributed by atoms with Gasteiger partial charge in [0.05, 0.1) is 22.4 Å². The molecule has 0 spiro atoms. The van der Waals surface area contributed by atoms with E-state index in [0.29, 0.717) is 0 Å². The van der Waals surface area contributed by atoms with Crippen LogP contribution in [0.15, 0.2) is 70.5 Å². The fourth-order valence-electron chi connectivity index (χ4n) is 4.28. The van der Waals surface area contributed by atoms with Crippen LogP contribution in [0.2, 0.25) is 0 Å². The molecule has 2 amide bonds. The molecule has 2 aliphatic heterocycles. The minimum absolute atomic E-state index is 0.0296. The molecule has 0 saturated heterocycles. The molecule has 2 aromatic carbocycles. The first-order chi connectivity index (χ1) is 15.8. The fourth-order valence-corrected chi connectivity index (χ4v) is 6.02. The van der Waals surface area contributed by atoms with Crippen molar-refractivity contribution in [2.45, 2.75) is 17.5 Å². The van der Waals surface area contributed by atoms with Crippen molar-refractivity contribution in [1.29, 1.82) is 0 Å². The summed E-state index contributed by atoms with van der Waals surface area (Å²) in [5.74, 6) is -2.23. The van der Waals surface area contributed by atoms with Crippen LogP contribution >= 0.6 is 0 Å². The number of anilines is 1. The molecule has 0 aliphatic carbocycles. The van der Waals surface area contributed by atoms with Crippen molar-refractivity contribution < 1.29 is 22.7 Å². The van der Waals surface area contributed by atoms with Crippen LogP contribution in [0, 0.1) is 0 Å². The topological polar surface area (TPSA) is 129 Å². The highest BCUT2D eigenvalue weighted by Gasteiger charge is 2.42. The van der Waals surface area contributed by atoms with E-state index in [2.05, 4.69) is 0 Å². The van der Waals surface area contributed by atoms with Gasteiger partial charge in [-0.1, -0.05) is 42.5 Å². The van der Waals surface area contributed by atoms with E-state index in [0.717, 1.165) is 5.56 Å². The molecule has 0 fully saturated rings. The van der Waals surface area contributed by atoms with Crippen molar-refractivity contribution in [1.82, 2.24) is 4.57 Å². The van der Waals surface area contributed by atoms with E-state index >= 15 is 0 Å². The van der Waals surface area contributed by atoms with Gasteiger partial charge in [-0.05, 0) is 17.7 Å². The monoisotopic (exact) mass is 465 g/mol. The van der Waals surface area contributed by atoms with E-state index in [1.807, 2.05) is 6.07 Å². The van der Waals surface area contributed by atoms with Gasteiger partial charge >= 0.3 is 0 Å². The van der Waals surface area contributed by atoms with Crippen molar-refractivity contribution in [3.05, 3.63) is 87.8 Å². The van der Waals surface area contributed by atoms with Crippen LogP contribution in [-0.2, 0) is 16.4 Å². The average Bonchev–Trinajstić information content (AvgIpc) is 2.90. The predicted molar refractivity (Wildman–Crippen MR) is 119 cm³/mol. The highest BCUT2D eigenvalue weighted by Crippen LogP contribution is 2.38. The number of carbonyl (C=O) groups is 2. The number of ether oxygens (including phenoxy) is 1. The van der Waals surface area contributed by atoms with Gasteiger partial charge in [-0.3, -0.25) is 14.4 Å². The summed E-state index contributed by atoms with van der Waals surface area (Å²) in [6, 6.07) is 14.5. The number of hydrogen-bond acceptors (Lipinski definition) is 6. The fraction of sp³-hybridized carbons (Fsp3) is 0.174.